The van der Waals surface area contributed by atoms with Crippen molar-refractivity contribution in [1.82, 2.24) is 14.6 Å². The highest BCUT2D eigenvalue weighted by molar-refractivity contribution is 7.89. The molecule has 0 saturated carbocycles. The average Bonchev–Trinajstić information content (AvgIpc) is 3.48. The number of benzene rings is 1. The number of carbonyl (C=O) groups excluding carboxylic acids is 2. The molecular formula is C28H34ClN5O4S. The first-order valence-electron chi connectivity index (χ1n) is 13.2. The van der Waals surface area contributed by atoms with Crippen molar-refractivity contribution >= 4 is 39.3 Å². The number of amides is 2. The second kappa shape index (κ2) is 12.3. The molecule has 1 N–H and O–H groups in total. The van der Waals surface area contributed by atoms with Crippen molar-refractivity contribution in [3.05, 3.63) is 58.2 Å². The van der Waals surface area contributed by atoms with Crippen LogP contribution in [0.4, 0.5) is 5.82 Å². The summed E-state index contributed by atoms with van der Waals surface area (Å²) in [6, 6.07) is 11.7. The summed E-state index contributed by atoms with van der Waals surface area (Å²) in [6.45, 7) is 0.537. The molecule has 0 spiro atoms. The Morgan fingerprint density at radius 2 is 1.97 bits per heavy atom. The van der Waals surface area contributed by atoms with E-state index in [1.54, 1.807) is 11.0 Å². The standard InChI is InChI=1S/C28H34ClN5O4S/c1-33-24(11-6-4-3-5-8-19-9-7-10-22(29)14-19)25(23-15-20(16-30)17-31-26(23)33)28(36)34-13-12-21(18-34)27(35)32-39(2,37)38/h7,9-10,14-15,17,21,24-25H,3-6,8,11-13,18H2,1-2H3,(H,32,35)/t21-,24?,25?/m0/s1. The van der Waals surface area contributed by atoms with Gasteiger partial charge in [0.1, 0.15) is 11.9 Å². The Morgan fingerprint density at radius 3 is 2.69 bits per heavy atom. The maximum Gasteiger partial charge on any atom is 0.238 e. The van der Waals surface area contributed by atoms with E-state index in [-0.39, 0.29) is 18.5 Å². The molecule has 1 saturated heterocycles. The number of sulfonamides is 1. The van der Waals surface area contributed by atoms with E-state index in [0.717, 1.165) is 55.4 Å². The van der Waals surface area contributed by atoms with Gasteiger partial charge in [0.25, 0.3) is 0 Å². The van der Waals surface area contributed by atoms with Gasteiger partial charge in [-0.25, -0.2) is 13.4 Å². The number of likely N-dealkylation sites (N-methyl/N-ethyl adjacent to an activating group) is 1. The van der Waals surface area contributed by atoms with E-state index in [1.165, 1.54) is 11.8 Å². The lowest BCUT2D eigenvalue weighted by Gasteiger charge is -2.29. The summed E-state index contributed by atoms with van der Waals surface area (Å²) >= 11 is 6.08. The summed E-state index contributed by atoms with van der Waals surface area (Å²) in [6.07, 6.45) is 8.70. The van der Waals surface area contributed by atoms with Crippen LogP contribution in [-0.4, -0.2) is 62.6 Å². The number of anilines is 1. The minimum atomic E-state index is -3.67. The molecule has 2 aliphatic heterocycles. The Hall–Kier alpha value is -3.16. The highest BCUT2D eigenvalue weighted by atomic mass is 35.5. The lowest BCUT2D eigenvalue weighted by molar-refractivity contribution is -0.132. The van der Waals surface area contributed by atoms with Gasteiger partial charge in [-0.3, -0.25) is 14.3 Å². The number of hydrogen-bond acceptors (Lipinski definition) is 7. The number of pyridine rings is 1. The predicted molar refractivity (Wildman–Crippen MR) is 150 cm³/mol. The van der Waals surface area contributed by atoms with Gasteiger partial charge in [-0.05, 0) is 49.4 Å². The quantitative estimate of drug-likeness (QED) is 0.432. The minimum Gasteiger partial charge on any atom is -0.355 e. The molecule has 1 aromatic heterocycles. The highest BCUT2D eigenvalue weighted by Crippen LogP contribution is 2.42. The number of nitrogens with one attached hydrogen (secondary N) is 1. The molecule has 0 radical (unpaired) electrons. The maximum atomic E-state index is 13.9. The van der Waals surface area contributed by atoms with Gasteiger partial charge in [0.15, 0.2) is 0 Å². The average molecular weight is 572 g/mol. The van der Waals surface area contributed by atoms with Gasteiger partial charge in [0, 0.05) is 43.0 Å². The first kappa shape index (κ1) is 28.8. The van der Waals surface area contributed by atoms with Crippen molar-refractivity contribution in [2.45, 2.75) is 56.9 Å². The number of hydrogen-bond donors (Lipinski definition) is 1. The number of nitrogens with zero attached hydrogens (tertiary/aromatic N) is 4. The molecule has 1 aromatic carbocycles. The molecule has 0 bridgehead atoms. The minimum absolute atomic E-state index is 0.113. The van der Waals surface area contributed by atoms with Crippen molar-refractivity contribution in [3.8, 4) is 6.07 Å². The molecular weight excluding hydrogens is 538 g/mol. The number of halogens is 1. The fraction of sp³-hybridized carbons (Fsp3) is 0.500. The predicted octanol–water partition coefficient (Wildman–Crippen LogP) is 3.63. The molecule has 0 aliphatic carbocycles. The van der Waals surface area contributed by atoms with Crippen molar-refractivity contribution in [2.24, 2.45) is 5.92 Å². The number of likely N-dealkylation sites (tertiary alicyclic amines) is 1. The topological polar surface area (TPSA) is 123 Å². The van der Waals surface area contributed by atoms with E-state index in [4.69, 9.17) is 11.6 Å². The molecule has 39 heavy (non-hydrogen) atoms. The van der Waals surface area contributed by atoms with E-state index in [9.17, 15) is 23.3 Å². The van der Waals surface area contributed by atoms with Gasteiger partial charge >= 0.3 is 0 Å². The summed E-state index contributed by atoms with van der Waals surface area (Å²) in [5.41, 5.74) is 2.36. The second-order valence-corrected chi connectivity index (χ2v) is 12.7. The second-order valence-electron chi connectivity index (χ2n) is 10.5. The van der Waals surface area contributed by atoms with E-state index >= 15 is 0 Å². The van der Waals surface area contributed by atoms with Crippen molar-refractivity contribution in [1.29, 1.82) is 5.26 Å². The van der Waals surface area contributed by atoms with E-state index in [0.29, 0.717) is 24.3 Å². The number of aromatic nitrogens is 1. The van der Waals surface area contributed by atoms with Crippen LogP contribution < -0.4 is 9.62 Å². The van der Waals surface area contributed by atoms with Crippen LogP contribution in [-0.2, 0) is 26.0 Å². The fourth-order valence-electron chi connectivity index (χ4n) is 5.67. The molecule has 1 fully saturated rings. The van der Waals surface area contributed by atoms with Crippen LogP contribution in [0, 0.1) is 17.2 Å². The van der Waals surface area contributed by atoms with Gasteiger partial charge in [-0.1, -0.05) is 43.0 Å². The first-order valence-corrected chi connectivity index (χ1v) is 15.5. The number of unbranched alkanes of at least 4 members (excludes halogenated alkanes) is 3. The van der Waals surface area contributed by atoms with Crippen molar-refractivity contribution in [3.63, 3.8) is 0 Å². The molecule has 3 atom stereocenters. The van der Waals surface area contributed by atoms with Crippen LogP contribution in [0.2, 0.25) is 5.02 Å². The SMILES string of the molecule is CN1c2ncc(C#N)cc2C(C(=O)N2CC[C@H](C(=O)NS(C)(=O)=O)C2)C1CCCCCCc1cccc(Cl)c1. The number of nitriles is 1. The number of fused-ring (bicyclic) bond motifs is 1. The Kier molecular flexibility index (Phi) is 9.13. The van der Waals surface area contributed by atoms with Crippen molar-refractivity contribution < 1.29 is 18.0 Å². The number of carbonyl (C=O) groups is 2. The van der Waals surface area contributed by atoms with Gasteiger partial charge in [0.2, 0.25) is 21.8 Å². The molecule has 2 aliphatic rings. The lowest BCUT2D eigenvalue weighted by Crippen LogP contribution is -2.42. The van der Waals surface area contributed by atoms with Crippen LogP contribution in [0.3, 0.4) is 0 Å². The van der Waals surface area contributed by atoms with Gasteiger partial charge < -0.3 is 9.80 Å². The fourth-order valence-corrected chi connectivity index (χ4v) is 6.42. The van der Waals surface area contributed by atoms with Crippen LogP contribution in [0.15, 0.2) is 36.5 Å². The molecule has 11 heteroatoms. The third-order valence-electron chi connectivity index (χ3n) is 7.60. The maximum absolute atomic E-state index is 13.9. The smallest absolute Gasteiger partial charge is 0.238 e. The van der Waals surface area contributed by atoms with Crippen LogP contribution in [0.25, 0.3) is 0 Å². The summed E-state index contributed by atoms with van der Waals surface area (Å²) in [5, 5.41) is 10.2. The molecule has 9 nitrogen and oxygen atoms in total. The third-order valence-corrected chi connectivity index (χ3v) is 8.41. The monoisotopic (exact) mass is 571 g/mol. The lowest BCUT2D eigenvalue weighted by atomic mass is 9.90. The molecule has 2 amide bonds. The summed E-state index contributed by atoms with van der Waals surface area (Å²) in [7, 11) is -1.74. The third kappa shape index (κ3) is 7.08. The van der Waals surface area contributed by atoms with E-state index < -0.39 is 27.8 Å². The zero-order chi connectivity index (χ0) is 28.2. The summed E-state index contributed by atoms with van der Waals surface area (Å²) < 4.78 is 25.0. The van der Waals surface area contributed by atoms with Crippen LogP contribution in [0.1, 0.15) is 61.1 Å². The summed E-state index contributed by atoms with van der Waals surface area (Å²) in [5.74, 6) is -1.08. The van der Waals surface area contributed by atoms with Gasteiger partial charge in [-0.15, -0.1) is 0 Å². The van der Waals surface area contributed by atoms with Crippen LogP contribution in [0.5, 0.6) is 0 Å². The normalized spacial score (nSPS) is 20.5. The van der Waals surface area contributed by atoms with Crippen molar-refractivity contribution in [2.75, 3.05) is 31.3 Å². The largest absolute Gasteiger partial charge is 0.355 e. The molecule has 4 rings (SSSR count). The summed E-state index contributed by atoms with van der Waals surface area (Å²) in [4.78, 5) is 34.4. The zero-order valence-electron chi connectivity index (χ0n) is 22.3. The Bertz CT molecular complexity index is 1380. The van der Waals surface area contributed by atoms with E-state index in [1.807, 2.05) is 34.9 Å². The molecule has 2 unspecified atom stereocenters. The van der Waals surface area contributed by atoms with Gasteiger partial charge in [-0.2, -0.15) is 5.26 Å². The van der Waals surface area contributed by atoms with E-state index in [2.05, 4.69) is 17.1 Å². The first-order chi connectivity index (χ1) is 18.6. The Morgan fingerprint density at radius 1 is 1.21 bits per heavy atom. The molecule has 3 heterocycles. The molecule has 2 aromatic rings. The Labute approximate surface area is 235 Å². The highest BCUT2D eigenvalue weighted by Gasteiger charge is 2.45. The number of aryl methyl sites for hydroxylation is 1. The van der Waals surface area contributed by atoms with Crippen LogP contribution >= 0.6 is 11.6 Å². The zero-order valence-corrected chi connectivity index (χ0v) is 23.8. The molecule has 208 valence electrons. The van der Waals surface area contributed by atoms with Gasteiger partial charge in [0.05, 0.1) is 23.7 Å². The number of rotatable bonds is 10. The Balaban J connectivity index is 1.41.